The normalized spacial score (nSPS) is 20.5. The number of rotatable bonds is 12. The fourth-order valence-corrected chi connectivity index (χ4v) is 4.27. The van der Waals surface area contributed by atoms with Crippen LogP contribution in [0.15, 0.2) is 91.0 Å². The Bertz CT molecular complexity index is 1130. The maximum atomic E-state index is 12.4. The second-order valence-electron chi connectivity index (χ2n) is 10.5. The van der Waals surface area contributed by atoms with Gasteiger partial charge in [-0.15, -0.1) is 0 Å². The van der Waals surface area contributed by atoms with Crippen LogP contribution in [0.2, 0.25) is 0 Å². The Morgan fingerprint density at radius 3 is 1.75 bits per heavy atom. The number of ether oxygens (including phenoxy) is 5. The van der Waals surface area contributed by atoms with E-state index in [2.05, 4.69) is 5.32 Å². The largest absolute Gasteiger partial charge is 0.468 e. The number of hydrogen-bond acceptors (Lipinski definition) is 6. The Kier molecular flexibility index (Phi) is 13.5. The van der Waals surface area contributed by atoms with Crippen LogP contribution in [0.1, 0.15) is 37.5 Å². The molecule has 1 amide bonds. The molecule has 1 saturated heterocycles. The quantitative estimate of drug-likeness (QED) is 0.234. The van der Waals surface area contributed by atoms with E-state index in [4.69, 9.17) is 23.7 Å². The first-order valence-electron chi connectivity index (χ1n) is 13.3. The molecule has 0 aromatic heterocycles. The number of carbonyl (C=O) groups excluding carboxylic acids is 1. The summed E-state index contributed by atoms with van der Waals surface area (Å²) in [6.45, 7) is 8.55. The Balaban J connectivity index is 0.00000441. The first-order chi connectivity index (χ1) is 18.9. The van der Waals surface area contributed by atoms with E-state index in [0.717, 1.165) is 16.7 Å². The van der Waals surface area contributed by atoms with E-state index in [1.54, 1.807) is 6.54 Å². The number of carbonyl (C=O) groups is 1. The maximum Gasteiger partial charge on any atom is 0.378 e. The van der Waals surface area contributed by atoms with Crippen LogP contribution in [0.4, 0.5) is 4.79 Å². The van der Waals surface area contributed by atoms with E-state index in [1.807, 2.05) is 112 Å². The number of amides is 1. The molecule has 0 saturated carbocycles. The first kappa shape index (κ1) is 32.6. The average Bonchev–Trinajstić information content (AvgIpc) is 3.26. The van der Waals surface area contributed by atoms with Gasteiger partial charge in [-0.05, 0) is 43.6 Å². The van der Waals surface area contributed by atoms with Gasteiger partial charge in [0, 0.05) is 39.9 Å². The Hall–Kier alpha value is -1.91. The molecule has 1 fully saturated rings. The minimum Gasteiger partial charge on any atom is -0.468 e. The molecule has 1 aliphatic rings. The van der Waals surface area contributed by atoms with Crippen molar-refractivity contribution in [2.75, 3.05) is 6.61 Å². The number of hydrogen-bond donors (Lipinski definition) is 1. The number of alkyl carbamates (subject to hydrolysis) is 1. The van der Waals surface area contributed by atoms with Crippen LogP contribution in [-0.4, -0.2) is 42.7 Å². The molecule has 8 heteroatoms. The summed E-state index contributed by atoms with van der Waals surface area (Å²) in [7, 11) is 0. The van der Waals surface area contributed by atoms with E-state index in [0.29, 0.717) is 26.4 Å². The molecule has 0 spiro atoms. The predicted octanol–water partition coefficient (Wildman–Crippen LogP) is 5.83. The van der Waals surface area contributed by atoms with Crippen molar-refractivity contribution in [1.82, 2.24) is 5.32 Å². The molecule has 3 aromatic carbocycles. The molecule has 40 heavy (non-hydrogen) atoms. The van der Waals surface area contributed by atoms with Crippen LogP contribution in [0.25, 0.3) is 0 Å². The van der Waals surface area contributed by atoms with Crippen LogP contribution in [-0.2, 0) is 43.5 Å². The summed E-state index contributed by atoms with van der Waals surface area (Å²) in [6, 6.07) is 29.9. The van der Waals surface area contributed by atoms with Gasteiger partial charge in [0.15, 0.2) is 0 Å². The maximum absolute atomic E-state index is 12.4. The topological polar surface area (TPSA) is 75.3 Å². The third kappa shape index (κ3) is 10.8. The van der Waals surface area contributed by atoms with Crippen molar-refractivity contribution < 1.29 is 68.4 Å². The van der Waals surface area contributed by atoms with Crippen molar-refractivity contribution in [3.8, 4) is 0 Å². The van der Waals surface area contributed by atoms with Crippen LogP contribution in [0, 0.1) is 46.5 Å². The van der Waals surface area contributed by atoms with Crippen molar-refractivity contribution in [1.29, 1.82) is 0 Å². The minimum absolute atomic E-state index is 0. The van der Waals surface area contributed by atoms with Crippen LogP contribution >= 0.6 is 0 Å². The van der Waals surface area contributed by atoms with Gasteiger partial charge in [-0.3, -0.25) is 0 Å². The third-order valence-electron chi connectivity index (χ3n) is 6.07. The summed E-state index contributed by atoms with van der Waals surface area (Å²) in [4.78, 5) is 12.4. The molecule has 4 rings (SSSR count). The van der Waals surface area contributed by atoms with E-state index in [-0.39, 0.29) is 39.9 Å². The summed E-state index contributed by atoms with van der Waals surface area (Å²) in [5.74, 6) is 0. The van der Waals surface area contributed by atoms with E-state index >= 15 is 0 Å². The SMILES string of the molecule is CC(C)(C)OC(=O)N[CH-]C1OC(COCc2ccccc2)C(OCc2ccccc2)C1OCc1ccccc1.[Th]. The van der Waals surface area contributed by atoms with Gasteiger partial charge in [0.2, 0.25) is 0 Å². The van der Waals surface area contributed by atoms with Gasteiger partial charge in [-0.2, -0.15) is 0 Å². The first-order valence-corrected chi connectivity index (χ1v) is 13.3. The summed E-state index contributed by atoms with van der Waals surface area (Å²) in [5, 5.41) is 2.72. The fourth-order valence-electron chi connectivity index (χ4n) is 4.27. The molecule has 0 radical (unpaired) electrons. The number of nitrogens with one attached hydrogen (secondary N) is 1. The Morgan fingerprint density at radius 1 is 0.775 bits per heavy atom. The Morgan fingerprint density at radius 2 is 1.25 bits per heavy atom. The molecule has 7 nitrogen and oxygen atoms in total. The zero-order valence-electron chi connectivity index (χ0n) is 23.3. The molecule has 4 atom stereocenters. The monoisotopic (exact) mass is 764 g/mol. The molecule has 1 heterocycles. The fraction of sp³-hybridized carbons (Fsp3) is 0.375. The molecular formula is C32H38NO6Th-. The van der Waals surface area contributed by atoms with Crippen LogP contribution < -0.4 is 5.32 Å². The van der Waals surface area contributed by atoms with Gasteiger partial charge in [0.25, 0.3) is 0 Å². The molecule has 212 valence electrons. The molecule has 0 bridgehead atoms. The summed E-state index contributed by atoms with van der Waals surface area (Å²) in [5.41, 5.74) is 2.53. The zero-order valence-corrected chi connectivity index (χ0v) is 27.4. The second kappa shape index (κ2) is 16.5. The van der Waals surface area contributed by atoms with Crippen molar-refractivity contribution in [3.05, 3.63) is 114 Å². The van der Waals surface area contributed by atoms with Crippen molar-refractivity contribution >= 4 is 6.09 Å². The zero-order chi connectivity index (χ0) is 27.5. The second-order valence-corrected chi connectivity index (χ2v) is 10.5. The third-order valence-corrected chi connectivity index (χ3v) is 6.07. The van der Waals surface area contributed by atoms with Gasteiger partial charge in [-0.25, -0.2) is 11.3 Å². The minimum atomic E-state index is -0.618. The molecule has 4 unspecified atom stereocenters. The molecule has 1 N–H and O–H groups in total. The van der Waals surface area contributed by atoms with E-state index < -0.39 is 36.1 Å². The van der Waals surface area contributed by atoms with E-state index in [1.165, 1.54) is 0 Å². The van der Waals surface area contributed by atoms with Gasteiger partial charge >= 0.3 is 6.09 Å². The van der Waals surface area contributed by atoms with Gasteiger partial charge < -0.3 is 29.0 Å². The van der Waals surface area contributed by atoms with Gasteiger partial charge in [0.1, 0.15) is 17.8 Å². The summed E-state index contributed by atoms with van der Waals surface area (Å²) < 4.78 is 30.7. The summed E-state index contributed by atoms with van der Waals surface area (Å²) in [6.07, 6.45) is -2.48. The van der Waals surface area contributed by atoms with Crippen LogP contribution in [0.3, 0.4) is 0 Å². The van der Waals surface area contributed by atoms with Crippen molar-refractivity contribution in [2.24, 2.45) is 0 Å². The predicted molar refractivity (Wildman–Crippen MR) is 148 cm³/mol. The van der Waals surface area contributed by atoms with Crippen molar-refractivity contribution in [2.45, 2.75) is 70.6 Å². The molecule has 3 aromatic rings. The number of benzene rings is 3. The van der Waals surface area contributed by atoms with Crippen molar-refractivity contribution in [3.63, 3.8) is 0 Å². The van der Waals surface area contributed by atoms with Crippen LogP contribution in [0.5, 0.6) is 0 Å². The van der Waals surface area contributed by atoms with Gasteiger partial charge in [-0.1, -0.05) is 91.0 Å². The standard InChI is InChI=1S/C32H38NO6.Th/c1-32(2,3)39-31(34)33-19-27-29(36-21-25-15-9-5-10-16-25)30(37-22-26-17-11-6-12-18-26)28(38-27)23-35-20-24-13-7-4-8-14-24;/h4-19,27-30H,20-23H2,1-3H3,(H,33,34);/q-1;. The smallest absolute Gasteiger partial charge is 0.378 e. The van der Waals surface area contributed by atoms with Gasteiger partial charge in [0.05, 0.1) is 32.5 Å². The van der Waals surface area contributed by atoms with E-state index in [9.17, 15) is 4.79 Å². The molecule has 1 aliphatic heterocycles. The summed E-state index contributed by atoms with van der Waals surface area (Å²) >= 11 is 0. The molecule has 0 aliphatic carbocycles. The average molecular weight is 765 g/mol. The Labute approximate surface area is 269 Å². The molecular weight excluding hydrogens is 726 g/mol.